The maximum atomic E-state index is 10.8. The highest BCUT2D eigenvalue weighted by Gasteiger charge is 2.15. The van der Waals surface area contributed by atoms with Crippen LogP contribution in [0.4, 0.5) is 0 Å². The number of amides is 1. The van der Waals surface area contributed by atoms with Gasteiger partial charge in [-0.15, -0.1) is 0 Å². The van der Waals surface area contributed by atoms with Crippen LogP contribution in [0.3, 0.4) is 0 Å². The molecule has 4 rings (SSSR count). The smallest absolute Gasteiger partial charge is 0.255 e. The predicted octanol–water partition coefficient (Wildman–Crippen LogP) is 2.59. The molecule has 2 aromatic heterocycles. The van der Waals surface area contributed by atoms with Gasteiger partial charge in [-0.3, -0.25) is 4.79 Å². The van der Waals surface area contributed by atoms with Crippen LogP contribution in [0.15, 0.2) is 54.6 Å². The summed E-state index contributed by atoms with van der Waals surface area (Å²) in [6.07, 6.45) is 0. The van der Waals surface area contributed by atoms with Crippen LogP contribution < -0.4 is 10.5 Å². The van der Waals surface area contributed by atoms with E-state index in [9.17, 15) is 4.79 Å². The Morgan fingerprint density at radius 1 is 1.15 bits per heavy atom. The second-order valence-corrected chi connectivity index (χ2v) is 5.90. The largest absolute Gasteiger partial charge is 0.484 e. The monoisotopic (exact) mass is 347 g/mol. The molecule has 0 aliphatic rings. The van der Waals surface area contributed by atoms with E-state index in [0.29, 0.717) is 5.75 Å². The minimum atomic E-state index is -0.507. The highest BCUT2D eigenvalue weighted by molar-refractivity contribution is 5.80. The normalized spacial score (nSPS) is 11.0. The number of rotatable bonds is 5. The minimum Gasteiger partial charge on any atom is -0.484 e. The molecule has 0 radical (unpaired) electrons. The van der Waals surface area contributed by atoms with E-state index in [2.05, 4.69) is 10.1 Å². The fraction of sp³-hybridized carbons (Fsp3) is 0.105. The van der Waals surface area contributed by atoms with Gasteiger partial charge in [-0.1, -0.05) is 18.2 Å². The highest BCUT2D eigenvalue weighted by Crippen LogP contribution is 2.26. The molecule has 0 fully saturated rings. The lowest BCUT2D eigenvalue weighted by Gasteiger charge is -2.04. The number of nitrogens with two attached hydrogens (primary N) is 1. The molecule has 0 unspecified atom stereocenters. The minimum absolute atomic E-state index is 0.143. The van der Waals surface area contributed by atoms with Crippen molar-refractivity contribution in [2.45, 2.75) is 6.92 Å². The molecular formula is C19H17N5O2. The van der Waals surface area contributed by atoms with Gasteiger partial charge in [-0.05, 0) is 43.3 Å². The van der Waals surface area contributed by atoms with Gasteiger partial charge in [0.1, 0.15) is 17.1 Å². The molecular weight excluding hydrogens is 330 g/mol. The number of fused-ring (bicyclic) bond motifs is 1. The van der Waals surface area contributed by atoms with Crippen molar-refractivity contribution >= 4 is 17.1 Å². The molecule has 4 aromatic rings. The van der Waals surface area contributed by atoms with Crippen molar-refractivity contribution in [3.8, 4) is 22.8 Å². The first-order chi connectivity index (χ1) is 12.6. The highest BCUT2D eigenvalue weighted by atomic mass is 16.5. The number of H-pyrrole nitrogens is 1. The van der Waals surface area contributed by atoms with Gasteiger partial charge in [-0.25, -0.2) is 9.67 Å². The van der Waals surface area contributed by atoms with E-state index in [0.717, 1.165) is 33.9 Å². The van der Waals surface area contributed by atoms with Gasteiger partial charge in [0.25, 0.3) is 5.91 Å². The van der Waals surface area contributed by atoms with Crippen LogP contribution in [0.5, 0.6) is 5.75 Å². The average Bonchev–Trinajstić information content (AvgIpc) is 3.22. The summed E-state index contributed by atoms with van der Waals surface area (Å²) in [6.45, 7) is 1.81. The second-order valence-electron chi connectivity index (χ2n) is 5.90. The first kappa shape index (κ1) is 15.9. The van der Waals surface area contributed by atoms with E-state index < -0.39 is 5.91 Å². The summed E-state index contributed by atoms with van der Waals surface area (Å²) in [5.41, 5.74) is 9.50. The summed E-state index contributed by atoms with van der Waals surface area (Å²) in [7, 11) is 0. The third kappa shape index (κ3) is 2.90. The fourth-order valence-electron chi connectivity index (χ4n) is 2.77. The first-order valence-electron chi connectivity index (χ1n) is 8.14. The Morgan fingerprint density at radius 3 is 2.58 bits per heavy atom. The van der Waals surface area contributed by atoms with Crippen LogP contribution in [0.1, 0.15) is 5.69 Å². The predicted molar refractivity (Wildman–Crippen MR) is 98.1 cm³/mol. The number of ether oxygens (including phenoxy) is 1. The summed E-state index contributed by atoms with van der Waals surface area (Å²) in [4.78, 5) is 18.8. The molecule has 26 heavy (non-hydrogen) atoms. The van der Waals surface area contributed by atoms with Crippen LogP contribution in [-0.2, 0) is 4.79 Å². The zero-order valence-corrected chi connectivity index (χ0v) is 14.1. The quantitative estimate of drug-likeness (QED) is 0.579. The number of benzene rings is 2. The molecule has 0 aliphatic heterocycles. The van der Waals surface area contributed by atoms with Gasteiger partial charge in [0.05, 0.1) is 11.4 Å². The van der Waals surface area contributed by atoms with Crippen LogP contribution in [0.25, 0.3) is 28.2 Å². The van der Waals surface area contributed by atoms with Gasteiger partial charge in [-0.2, -0.15) is 5.10 Å². The summed E-state index contributed by atoms with van der Waals surface area (Å²) in [5, 5.41) is 4.57. The lowest BCUT2D eigenvalue weighted by molar-refractivity contribution is -0.119. The van der Waals surface area contributed by atoms with Gasteiger partial charge < -0.3 is 15.5 Å². The number of carbonyl (C=O) groups excluding carboxylic acids is 1. The molecule has 0 spiro atoms. The molecule has 0 saturated carbocycles. The van der Waals surface area contributed by atoms with Gasteiger partial charge in [0.2, 0.25) is 0 Å². The maximum Gasteiger partial charge on any atom is 0.255 e. The zero-order valence-electron chi connectivity index (χ0n) is 14.1. The number of aromatic nitrogens is 4. The lowest BCUT2D eigenvalue weighted by Crippen LogP contribution is -2.19. The average molecular weight is 347 g/mol. The van der Waals surface area contributed by atoms with E-state index in [1.54, 1.807) is 12.1 Å². The molecule has 7 heteroatoms. The number of primary amides is 1. The first-order valence-corrected chi connectivity index (χ1v) is 8.14. The Labute approximate surface area is 149 Å². The molecule has 2 aromatic carbocycles. The number of aromatic amines is 1. The topological polar surface area (TPSA) is 98.8 Å². The fourth-order valence-corrected chi connectivity index (χ4v) is 2.77. The standard InChI is InChI=1S/C19H17N5O2/c1-12-17-19(24(23-12)14-5-3-2-4-6-14)22-18(21-17)13-7-9-15(10-8-13)26-11-16(20)25/h2-10H,11H2,1H3,(H2,20,25)(H,21,22). The Bertz CT molecular complexity index is 1060. The van der Waals surface area contributed by atoms with Crippen molar-refractivity contribution in [2.75, 3.05) is 6.61 Å². The number of hydrogen-bond acceptors (Lipinski definition) is 4. The van der Waals surface area contributed by atoms with Crippen LogP contribution in [0.2, 0.25) is 0 Å². The number of aryl methyl sites for hydroxylation is 1. The van der Waals surface area contributed by atoms with Crippen molar-refractivity contribution in [3.63, 3.8) is 0 Å². The van der Waals surface area contributed by atoms with E-state index in [4.69, 9.17) is 15.5 Å². The van der Waals surface area contributed by atoms with E-state index in [1.165, 1.54) is 0 Å². The van der Waals surface area contributed by atoms with Gasteiger partial charge in [0, 0.05) is 5.56 Å². The summed E-state index contributed by atoms with van der Waals surface area (Å²) in [5.74, 6) is 0.814. The van der Waals surface area contributed by atoms with Crippen LogP contribution in [-0.4, -0.2) is 32.3 Å². The molecule has 130 valence electrons. The summed E-state index contributed by atoms with van der Waals surface area (Å²) in [6, 6.07) is 17.2. The van der Waals surface area contributed by atoms with Gasteiger partial charge >= 0.3 is 0 Å². The molecule has 0 aliphatic carbocycles. The summed E-state index contributed by atoms with van der Waals surface area (Å²) < 4.78 is 7.11. The Morgan fingerprint density at radius 2 is 1.88 bits per heavy atom. The Kier molecular flexibility index (Phi) is 3.89. The number of nitrogens with one attached hydrogen (secondary N) is 1. The second kappa shape index (κ2) is 6.36. The van der Waals surface area contributed by atoms with E-state index >= 15 is 0 Å². The summed E-state index contributed by atoms with van der Waals surface area (Å²) >= 11 is 0. The van der Waals surface area contributed by atoms with Crippen molar-refractivity contribution in [3.05, 3.63) is 60.3 Å². The Hall–Kier alpha value is -3.61. The Balaban J connectivity index is 1.69. The third-order valence-electron chi connectivity index (χ3n) is 4.01. The maximum absolute atomic E-state index is 10.8. The number of carbonyl (C=O) groups is 1. The van der Waals surface area contributed by atoms with Crippen molar-refractivity contribution < 1.29 is 9.53 Å². The zero-order chi connectivity index (χ0) is 18.1. The third-order valence-corrected chi connectivity index (χ3v) is 4.01. The van der Waals surface area contributed by atoms with Crippen molar-refractivity contribution in [1.29, 1.82) is 0 Å². The molecule has 3 N–H and O–H groups in total. The van der Waals surface area contributed by atoms with Crippen LogP contribution >= 0.6 is 0 Å². The molecule has 0 bridgehead atoms. The SMILES string of the molecule is Cc1nn(-c2ccccc2)c2nc(-c3ccc(OCC(N)=O)cc3)[nH]c12. The number of imidazole rings is 1. The lowest BCUT2D eigenvalue weighted by atomic mass is 10.2. The van der Waals surface area contributed by atoms with Crippen molar-refractivity contribution in [1.82, 2.24) is 19.7 Å². The number of para-hydroxylation sites is 1. The van der Waals surface area contributed by atoms with Crippen molar-refractivity contribution in [2.24, 2.45) is 5.73 Å². The number of nitrogens with zero attached hydrogens (tertiary/aromatic N) is 3. The number of hydrogen-bond donors (Lipinski definition) is 2. The molecule has 2 heterocycles. The van der Waals surface area contributed by atoms with Crippen LogP contribution in [0, 0.1) is 6.92 Å². The van der Waals surface area contributed by atoms with E-state index in [-0.39, 0.29) is 6.61 Å². The molecule has 1 amide bonds. The van der Waals surface area contributed by atoms with Gasteiger partial charge in [0.15, 0.2) is 12.3 Å². The molecule has 0 saturated heterocycles. The molecule has 7 nitrogen and oxygen atoms in total. The van der Waals surface area contributed by atoms with E-state index in [1.807, 2.05) is 54.1 Å². The molecule has 0 atom stereocenters.